The fourth-order valence-corrected chi connectivity index (χ4v) is 5.03. The Morgan fingerprint density at radius 2 is 1.94 bits per heavy atom. The number of fused-ring (bicyclic) bond motifs is 1. The first-order chi connectivity index (χ1) is 15.8. The van der Waals surface area contributed by atoms with Gasteiger partial charge in [-0.2, -0.15) is 0 Å². The van der Waals surface area contributed by atoms with Crippen LogP contribution >= 0.6 is 11.3 Å². The normalized spacial score (nSPS) is 14.2. The lowest BCUT2D eigenvalue weighted by Crippen LogP contribution is -2.28. The second-order valence-corrected chi connectivity index (χ2v) is 9.04. The number of amides is 2. The summed E-state index contributed by atoms with van der Waals surface area (Å²) in [6.07, 6.45) is 6.14. The van der Waals surface area contributed by atoms with Crippen LogP contribution in [0.2, 0.25) is 0 Å². The zero-order valence-electron chi connectivity index (χ0n) is 18.1. The minimum Gasteiger partial charge on any atom is -0.458 e. The maximum Gasteiger partial charge on any atom is 0.348 e. The number of aromatic nitrogens is 2. The number of benzene rings is 1. The molecule has 0 radical (unpaired) electrons. The number of carbonyl (C=O) groups excluding carboxylic acids is 3. The highest BCUT2D eigenvalue weighted by Gasteiger charge is 2.24. The Morgan fingerprint density at radius 1 is 1.21 bits per heavy atom. The maximum atomic E-state index is 13.1. The van der Waals surface area contributed by atoms with Crippen molar-refractivity contribution in [2.45, 2.75) is 51.7 Å². The SMILES string of the molecule is Cc1c(C(=O)OC2CCCCC2)sc2ncn(CC(=O)Nc3ccccc3C(N)=O)c(=O)c12. The van der Waals surface area contributed by atoms with Crippen molar-refractivity contribution >= 4 is 45.0 Å². The molecular weight excluding hydrogens is 444 g/mol. The number of nitrogens with zero attached hydrogens (tertiary/aromatic N) is 2. The monoisotopic (exact) mass is 468 g/mol. The van der Waals surface area contributed by atoms with Gasteiger partial charge in [0.2, 0.25) is 5.91 Å². The highest BCUT2D eigenvalue weighted by atomic mass is 32.1. The lowest BCUT2D eigenvalue weighted by Gasteiger charge is -2.21. The molecule has 0 unspecified atom stereocenters. The van der Waals surface area contributed by atoms with Gasteiger partial charge in [0.15, 0.2) is 0 Å². The Hall–Kier alpha value is -3.53. The second-order valence-electron chi connectivity index (χ2n) is 8.04. The molecule has 172 valence electrons. The lowest BCUT2D eigenvalue weighted by molar-refractivity contribution is -0.116. The van der Waals surface area contributed by atoms with Crippen LogP contribution in [0.25, 0.3) is 10.2 Å². The zero-order valence-corrected chi connectivity index (χ0v) is 18.9. The van der Waals surface area contributed by atoms with Crippen molar-refractivity contribution in [3.05, 3.63) is 57.0 Å². The molecule has 0 bridgehead atoms. The van der Waals surface area contributed by atoms with Crippen LogP contribution in [0.3, 0.4) is 0 Å². The number of para-hydroxylation sites is 1. The summed E-state index contributed by atoms with van der Waals surface area (Å²) in [7, 11) is 0. The number of anilines is 1. The van der Waals surface area contributed by atoms with E-state index in [2.05, 4.69) is 10.3 Å². The van der Waals surface area contributed by atoms with Crippen molar-refractivity contribution < 1.29 is 19.1 Å². The van der Waals surface area contributed by atoms with Crippen molar-refractivity contribution in [1.82, 2.24) is 9.55 Å². The van der Waals surface area contributed by atoms with Crippen molar-refractivity contribution in [2.75, 3.05) is 5.32 Å². The molecule has 9 nitrogen and oxygen atoms in total. The number of rotatable bonds is 6. The van der Waals surface area contributed by atoms with E-state index in [4.69, 9.17) is 10.5 Å². The third-order valence-electron chi connectivity index (χ3n) is 5.71. The molecule has 1 aromatic carbocycles. The van der Waals surface area contributed by atoms with E-state index in [0.29, 0.717) is 20.7 Å². The van der Waals surface area contributed by atoms with Gasteiger partial charge in [-0.05, 0) is 50.3 Å². The van der Waals surface area contributed by atoms with Crippen LogP contribution in [0.4, 0.5) is 5.69 Å². The number of carbonyl (C=O) groups is 3. The van der Waals surface area contributed by atoms with E-state index in [0.717, 1.165) is 43.4 Å². The summed E-state index contributed by atoms with van der Waals surface area (Å²) in [6, 6.07) is 6.34. The highest BCUT2D eigenvalue weighted by molar-refractivity contribution is 7.20. The highest BCUT2D eigenvalue weighted by Crippen LogP contribution is 2.29. The smallest absolute Gasteiger partial charge is 0.348 e. The van der Waals surface area contributed by atoms with Crippen molar-refractivity contribution in [3.8, 4) is 0 Å². The number of nitrogens with one attached hydrogen (secondary N) is 1. The van der Waals surface area contributed by atoms with Gasteiger partial charge in [0.05, 0.1) is 23.0 Å². The summed E-state index contributed by atoms with van der Waals surface area (Å²) < 4.78 is 6.82. The number of aryl methyl sites for hydroxylation is 1. The quantitative estimate of drug-likeness (QED) is 0.534. The Morgan fingerprint density at radius 3 is 2.67 bits per heavy atom. The van der Waals surface area contributed by atoms with Gasteiger partial charge in [-0.15, -0.1) is 11.3 Å². The van der Waals surface area contributed by atoms with Crippen LogP contribution in [0.15, 0.2) is 35.4 Å². The molecule has 0 aliphatic heterocycles. The molecule has 33 heavy (non-hydrogen) atoms. The fraction of sp³-hybridized carbons (Fsp3) is 0.348. The largest absolute Gasteiger partial charge is 0.458 e. The van der Waals surface area contributed by atoms with Crippen LogP contribution in [0.5, 0.6) is 0 Å². The van der Waals surface area contributed by atoms with Crippen LogP contribution in [0, 0.1) is 6.92 Å². The number of hydrogen-bond donors (Lipinski definition) is 2. The summed E-state index contributed by atoms with van der Waals surface area (Å²) in [5, 5.41) is 2.90. The van der Waals surface area contributed by atoms with E-state index in [9.17, 15) is 19.2 Å². The van der Waals surface area contributed by atoms with E-state index in [1.165, 1.54) is 17.0 Å². The zero-order chi connectivity index (χ0) is 23.5. The van der Waals surface area contributed by atoms with Crippen molar-refractivity contribution in [1.29, 1.82) is 0 Å². The predicted octanol–water partition coefficient (Wildman–Crippen LogP) is 2.99. The van der Waals surface area contributed by atoms with Crippen LogP contribution in [-0.2, 0) is 16.1 Å². The van der Waals surface area contributed by atoms with Gasteiger partial charge in [-0.1, -0.05) is 18.6 Å². The molecule has 3 aromatic rings. The molecule has 1 aliphatic carbocycles. The lowest BCUT2D eigenvalue weighted by atomic mass is 9.98. The van der Waals surface area contributed by atoms with Gasteiger partial charge in [-0.25, -0.2) is 9.78 Å². The molecular formula is C23H24N4O5S. The average Bonchev–Trinajstić information content (AvgIpc) is 3.14. The summed E-state index contributed by atoms with van der Waals surface area (Å²) in [5.41, 5.74) is 5.84. The average molecular weight is 469 g/mol. The van der Waals surface area contributed by atoms with E-state index >= 15 is 0 Å². The molecule has 0 spiro atoms. The summed E-state index contributed by atoms with van der Waals surface area (Å²) in [5.74, 6) is -1.63. The Bertz CT molecular complexity index is 1290. The molecule has 1 aliphatic rings. The van der Waals surface area contributed by atoms with Gasteiger partial charge in [-0.3, -0.25) is 19.0 Å². The van der Waals surface area contributed by atoms with Crippen LogP contribution < -0.4 is 16.6 Å². The molecule has 2 amide bonds. The number of primary amides is 1. The van der Waals surface area contributed by atoms with E-state index in [1.807, 2.05) is 0 Å². The molecule has 0 saturated heterocycles. The third kappa shape index (κ3) is 4.80. The summed E-state index contributed by atoms with van der Waals surface area (Å²) >= 11 is 1.12. The Labute approximate surface area is 193 Å². The predicted molar refractivity (Wildman–Crippen MR) is 124 cm³/mol. The summed E-state index contributed by atoms with van der Waals surface area (Å²) in [6.45, 7) is 1.37. The Kier molecular flexibility index (Phi) is 6.55. The second kappa shape index (κ2) is 9.53. The molecule has 1 saturated carbocycles. The molecule has 1 fully saturated rings. The first-order valence-electron chi connectivity index (χ1n) is 10.7. The maximum absolute atomic E-state index is 13.1. The number of esters is 1. The molecule has 10 heteroatoms. The molecule has 2 heterocycles. The number of ether oxygens (including phenoxy) is 1. The van der Waals surface area contributed by atoms with Crippen molar-refractivity contribution in [2.24, 2.45) is 5.73 Å². The van der Waals surface area contributed by atoms with E-state index < -0.39 is 23.3 Å². The van der Waals surface area contributed by atoms with Gasteiger partial charge in [0.1, 0.15) is 22.4 Å². The summed E-state index contributed by atoms with van der Waals surface area (Å²) in [4.78, 5) is 54.9. The molecule has 3 N–H and O–H groups in total. The minimum absolute atomic E-state index is 0.0903. The van der Waals surface area contributed by atoms with Crippen molar-refractivity contribution in [3.63, 3.8) is 0 Å². The minimum atomic E-state index is -0.673. The number of nitrogens with two attached hydrogens (primary N) is 1. The topological polar surface area (TPSA) is 133 Å². The molecule has 4 rings (SSSR count). The molecule has 0 atom stereocenters. The number of hydrogen-bond acceptors (Lipinski definition) is 7. The fourth-order valence-electron chi connectivity index (χ4n) is 4.01. The van der Waals surface area contributed by atoms with Gasteiger partial charge >= 0.3 is 5.97 Å². The van der Waals surface area contributed by atoms with Gasteiger partial charge < -0.3 is 15.8 Å². The first kappa shape index (κ1) is 22.7. The Balaban J connectivity index is 1.55. The van der Waals surface area contributed by atoms with Crippen LogP contribution in [0.1, 0.15) is 57.7 Å². The van der Waals surface area contributed by atoms with E-state index in [-0.39, 0.29) is 23.9 Å². The third-order valence-corrected chi connectivity index (χ3v) is 6.89. The van der Waals surface area contributed by atoms with Gasteiger partial charge in [0, 0.05) is 0 Å². The first-order valence-corrected chi connectivity index (χ1v) is 11.5. The molecule has 2 aromatic heterocycles. The number of thiophene rings is 1. The van der Waals surface area contributed by atoms with Crippen LogP contribution in [-0.4, -0.2) is 33.4 Å². The van der Waals surface area contributed by atoms with E-state index in [1.54, 1.807) is 25.1 Å². The standard InChI is InChI=1S/C23H24N4O5S/c1-13-18-21(33-19(13)23(31)32-14-7-3-2-4-8-14)25-12-27(22(18)30)11-17(28)26-16-10-6-5-9-15(16)20(24)29/h5-6,9-10,12,14H,2-4,7-8,11H2,1H3,(H2,24,29)(H,26,28). The van der Waals surface area contributed by atoms with Gasteiger partial charge in [0.25, 0.3) is 11.5 Å².